The molecular formula is C21H24ClN3O2. The molecule has 0 bridgehead atoms. The molecule has 0 aliphatic carbocycles. The van der Waals surface area contributed by atoms with Crippen LogP contribution < -0.4 is 5.32 Å². The lowest BCUT2D eigenvalue weighted by atomic mass is 10.1. The lowest BCUT2D eigenvalue weighted by Gasteiger charge is -2.19. The Morgan fingerprint density at radius 2 is 1.85 bits per heavy atom. The van der Waals surface area contributed by atoms with Crippen molar-refractivity contribution < 1.29 is 9.59 Å². The number of hydrogen-bond acceptors (Lipinski definition) is 3. The summed E-state index contributed by atoms with van der Waals surface area (Å²) in [5.41, 5.74) is 2.26. The highest BCUT2D eigenvalue weighted by atomic mass is 35.5. The first-order chi connectivity index (χ1) is 13.0. The van der Waals surface area contributed by atoms with Crippen molar-refractivity contribution in [1.82, 2.24) is 9.80 Å². The fourth-order valence-corrected chi connectivity index (χ4v) is 3.44. The number of halogens is 1. The minimum absolute atomic E-state index is 0.0413. The lowest BCUT2D eigenvalue weighted by molar-refractivity contribution is -0.116. The number of anilines is 1. The van der Waals surface area contributed by atoms with Crippen molar-refractivity contribution >= 4 is 29.1 Å². The van der Waals surface area contributed by atoms with E-state index in [4.69, 9.17) is 11.6 Å². The highest BCUT2D eigenvalue weighted by Crippen LogP contribution is 2.20. The smallest absolute Gasteiger partial charge is 0.254 e. The summed E-state index contributed by atoms with van der Waals surface area (Å²) in [6.45, 7) is 3.04. The lowest BCUT2D eigenvalue weighted by Crippen LogP contribution is -2.35. The molecular weight excluding hydrogens is 362 g/mol. The third kappa shape index (κ3) is 5.31. The van der Waals surface area contributed by atoms with Crippen molar-refractivity contribution in [3.63, 3.8) is 0 Å². The zero-order chi connectivity index (χ0) is 19.2. The molecule has 1 heterocycles. The Kier molecular flexibility index (Phi) is 6.48. The first-order valence-corrected chi connectivity index (χ1v) is 9.52. The van der Waals surface area contributed by atoms with Gasteiger partial charge in [-0.2, -0.15) is 0 Å². The quantitative estimate of drug-likeness (QED) is 0.825. The second kappa shape index (κ2) is 9.02. The average Bonchev–Trinajstić information content (AvgIpc) is 3.16. The Balaban J connectivity index is 1.59. The van der Waals surface area contributed by atoms with Gasteiger partial charge in [-0.05, 0) is 55.8 Å². The molecule has 2 aromatic rings. The molecule has 2 amide bonds. The SMILES string of the molecule is CN(CC(=O)Nc1ccccc1Cl)C(=O)c1cccc(CN2CCCC2)c1. The van der Waals surface area contributed by atoms with Crippen LogP contribution in [0.15, 0.2) is 48.5 Å². The molecule has 2 aromatic carbocycles. The molecule has 1 saturated heterocycles. The molecule has 1 N–H and O–H groups in total. The number of likely N-dealkylation sites (N-methyl/N-ethyl adjacent to an activating group) is 1. The maximum absolute atomic E-state index is 12.7. The molecule has 1 aliphatic heterocycles. The highest BCUT2D eigenvalue weighted by molar-refractivity contribution is 6.33. The number of nitrogens with one attached hydrogen (secondary N) is 1. The first kappa shape index (κ1) is 19.4. The maximum Gasteiger partial charge on any atom is 0.254 e. The molecule has 5 nitrogen and oxygen atoms in total. The van der Waals surface area contributed by atoms with E-state index in [0.29, 0.717) is 16.3 Å². The standard InChI is InChI=1S/C21H24ClN3O2/c1-24(15-20(26)23-19-10-3-2-9-18(19)22)21(27)17-8-6-7-16(13-17)14-25-11-4-5-12-25/h2-3,6-10,13H,4-5,11-12,14-15H2,1H3,(H,23,26). The number of nitrogens with zero attached hydrogens (tertiary/aromatic N) is 2. The minimum Gasteiger partial charge on any atom is -0.332 e. The number of carbonyl (C=O) groups excluding carboxylic acids is 2. The van der Waals surface area contributed by atoms with Gasteiger partial charge in [-0.15, -0.1) is 0 Å². The van der Waals surface area contributed by atoms with Gasteiger partial charge in [-0.1, -0.05) is 35.9 Å². The topological polar surface area (TPSA) is 52.7 Å². The van der Waals surface area contributed by atoms with E-state index in [2.05, 4.69) is 10.2 Å². The van der Waals surface area contributed by atoms with Crippen LogP contribution >= 0.6 is 11.6 Å². The normalized spacial score (nSPS) is 14.1. The van der Waals surface area contributed by atoms with Crippen LogP contribution in [0.3, 0.4) is 0 Å². The Bertz CT molecular complexity index is 819. The van der Waals surface area contributed by atoms with Crippen molar-refractivity contribution in [1.29, 1.82) is 0 Å². The van der Waals surface area contributed by atoms with Gasteiger partial charge < -0.3 is 10.2 Å². The summed E-state index contributed by atoms with van der Waals surface area (Å²) in [5.74, 6) is -0.459. The van der Waals surface area contributed by atoms with Gasteiger partial charge in [0, 0.05) is 19.2 Å². The summed E-state index contributed by atoms with van der Waals surface area (Å²) in [5, 5.41) is 3.20. The van der Waals surface area contributed by atoms with Gasteiger partial charge in [0.1, 0.15) is 0 Å². The third-order valence-corrected chi connectivity index (χ3v) is 4.98. The summed E-state index contributed by atoms with van der Waals surface area (Å²) >= 11 is 6.05. The number of rotatable bonds is 6. The van der Waals surface area contributed by atoms with E-state index < -0.39 is 0 Å². The fourth-order valence-electron chi connectivity index (χ4n) is 3.26. The first-order valence-electron chi connectivity index (χ1n) is 9.14. The average molecular weight is 386 g/mol. The van der Waals surface area contributed by atoms with Gasteiger partial charge in [0.2, 0.25) is 5.91 Å². The predicted octanol–water partition coefficient (Wildman–Crippen LogP) is 3.65. The summed E-state index contributed by atoms with van der Waals surface area (Å²) in [7, 11) is 1.63. The Morgan fingerprint density at radius 3 is 2.59 bits per heavy atom. The molecule has 142 valence electrons. The molecule has 0 saturated carbocycles. The molecule has 0 aromatic heterocycles. The molecule has 1 fully saturated rings. The van der Waals surface area contributed by atoms with Gasteiger partial charge in [0.05, 0.1) is 17.3 Å². The Morgan fingerprint density at radius 1 is 1.11 bits per heavy atom. The van der Waals surface area contributed by atoms with E-state index in [9.17, 15) is 9.59 Å². The summed E-state index contributed by atoms with van der Waals surface area (Å²) < 4.78 is 0. The van der Waals surface area contributed by atoms with E-state index >= 15 is 0 Å². The van der Waals surface area contributed by atoms with E-state index in [-0.39, 0.29) is 18.4 Å². The summed E-state index contributed by atoms with van der Waals surface area (Å²) in [6, 6.07) is 14.7. The van der Waals surface area contributed by atoms with Crippen LogP contribution in [0.1, 0.15) is 28.8 Å². The van der Waals surface area contributed by atoms with Crippen LogP contribution in [-0.4, -0.2) is 48.3 Å². The zero-order valence-corrected chi connectivity index (χ0v) is 16.2. The largest absolute Gasteiger partial charge is 0.332 e. The number of para-hydroxylation sites is 1. The highest BCUT2D eigenvalue weighted by Gasteiger charge is 2.17. The monoisotopic (exact) mass is 385 g/mol. The third-order valence-electron chi connectivity index (χ3n) is 4.65. The van der Waals surface area contributed by atoms with E-state index in [0.717, 1.165) is 25.2 Å². The summed E-state index contributed by atoms with van der Waals surface area (Å²) in [4.78, 5) is 28.7. The number of benzene rings is 2. The van der Waals surface area contributed by atoms with Crippen LogP contribution in [0.5, 0.6) is 0 Å². The number of hydrogen-bond donors (Lipinski definition) is 1. The van der Waals surface area contributed by atoms with E-state index in [1.54, 1.807) is 37.4 Å². The molecule has 3 rings (SSSR count). The molecule has 27 heavy (non-hydrogen) atoms. The van der Waals surface area contributed by atoms with Gasteiger partial charge in [-0.25, -0.2) is 0 Å². The molecule has 0 radical (unpaired) electrons. The number of amides is 2. The summed E-state index contributed by atoms with van der Waals surface area (Å²) in [6.07, 6.45) is 2.48. The van der Waals surface area contributed by atoms with Gasteiger partial charge in [0.25, 0.3) is 5.91 Å². The second-order valence-electron chi connectivity index (χ2n) is 6.87. The van der Waals surface area contributed by atoms with Crippen LogP contribution in [0.4, 0.5) is 5.69 Å². The minimum atomic E-state index is -0.285. The Hall–Kier alpha value is -2.37. The van der Waals surface area contributed by atoms with Gasteiger partial charge in [-0.3, -0.25) is 14.5 Å². The van der Waals surface area contributed by atoms with E-state index in [1.165, 1.54) is 17.7 Å². The van der Waals surface area contributed by atoms with Crippen LogP contribution in [0, 0.1) is 0 Å². The molecule has 0 atom stereocenters. The van der Waals surface area contributed by atoms with Crippen molar-refractivity contribution in [3.05, 3.63) is 64.7 Å². The number of carbonyl (C=O) groups is 2. The molecule has 0 unspecified atom stereocenters. The van der Waals surface area contributed by atoms with Gasteiger partial charge >= 0.3 is 0 Å². The van der Waals surface area contributed by atoms with Crippen LogP contribution in [-0.2, 0) is 11.3 Å². The van der Waals surface area contributed by atoms with Crippen molar-refractivity contribution in [3.8, 4) is 0 Å². The van der Waals surface area contributed by atoms with Gasteiger partial charge in [0.15, 0.2) is 0 Å². The second-order valence-corrected chi connectivity index (χ2v) is 7.28. The molecule has 1 aliphatic rings. The van der Waals surface area contributed by atoms with Crippen LogP contribution in [0.25, 0.3) is 0 Å². The van der Waals surface area contributed by atoms with Crippen LogP contribution in [0.2, 0.25) is 5.02 Å². The number of likely N-dealkylation sites (tertiary alicyclic amines) is 1. The predicted molar refractivity (Wildman–Crippen MR) is 108 cm³/mol. The molecule has 0 spiro atoms. The maximum atomic E-state index is 12.7. The van der Waals surface area contributed by atoms with Crippen molar-refractivity contribution in [2.75, 3.05) is 32.0 Å². The van der Waals surface area contributed by atoms with Crippen molar-refractivity contribution in [2.45, 2.75) is 19.4 Å². The Labute approximate surface area is 164 Å². The zero-order valence-electron chi connectivity index (χ0n) is 15.5. The van der Waals surface area contributed by atoms with Crippen molar-refractivity contribution in [2.24, 2.45) is 0 Å². The van der Waals surface area contributed by atoms with E-state index in [1.807, 2.05) is 18.2 Å². The molecule has 6 heteroatoms. The fraction of sp³-hybridized carbons (Fsp3) is 0.333.